The Labute approximate surface area is 119 Å². The predicted molar refractivity (Wildman–Crippen MR) is 72.5 cm³/mol. The van der Waals surface area contributed by atoms with Gasteiger partial charge in [0.05, 0.1) is 5.56 Å². The second-order valence-electron chi connectivity index (χ2n) is 5.06. The van der Waals surface area contributed by atoms with E-state index in [0.717, 1.165) is 0 Å². The summed E-state index contributed by atoms with van der Waals surface area (Å²) in [5.74, 6) is -1.24. The van der Waals surface area contributed by atoms with E-state index in [1.807, 2.05) is 0 Å². The van der Waals surface area contributed by atoms with E-state index in [1.54, 1.807) is 19.0 Å². The Morgan fingerprint density at radius 3 is 2.52 bits per heavy atom. The van der Waals surface area contributed by atoms with Crippen LogP contribution in [0.1, 0.15) is 21.6 Å². The second-order valence-corrected chi connectivity index (χ2v) is 5.06. The van der Waals surface area contributed by atoms with Crippen molar-refractivity contribution in [1.29, 1.82) is 0 Å². The molecule has 1 aromatic carbocycles. The minimum Gasteiger partial charge on any atom is -0.478 e. The minimum atomic E-state index is -4.55. The van der Waals surface area contributed by atoms with Crippen LogP contribution in [0.4, 0.5) is 13.2 Å². The first-order valence-electron chi connectivity index (χ1n) is 6.30. The van der Waals surface area contributed by atoms with E-state index < -0.39 is 17.8 Å². The molecule has 114 valence electrons. The number of carboxylic acids is 1. The molecule has 0 aliphatic carbocycles. The van der Waals surface area contributed by atoms with E-state index >= 15 is 0 Å². The number of benzene rings is 1. The molecular formula is C14H15F3N2O2. The molecule has 0 bridgehead atoms. The SMILES string of the molecule is CN(C)CCc1c(C(F)(F)F)[nH]c2cccc(C(=O)O)c12. The molecule has 0 amide bonds. The van der Waals surface area contributed by atoms with Gasteiger partial charge in [-0.1, -0.05) is 6.07 Å². The van der Waals surface area contributed by atoms with Gasteiger partial charge in [0.25, 0.3) is 0 Å². The van der Waals surface area contributed by atoms with Crippen molar-refractivity contribution in [3.05, 3.63) is 35.0 Å². The van der Waals surface area contributed by atoms with Crippen molar-refractivity contribution in [1.82, 2.24) is 9.88 Å². The van der Waals surface area contributed by atoms with E-state index in [9.17, 15) is 23.1 Å². The van der Waals surface area contributed by atoms with Crippen molar-refractivity contribution in [2.24, 2.45) is 0 Å². The van der Waals surface area contributed by atoms with Crippen molar-refractivity contribution in [3.63, 3.8) is 0 Å². The number of aromatic nitrogens is 1. The molecule has 0 aliphatic heterocycles. The van der Waals surface area contributed by atoms with Gasteiger partial charge in [0.1, 0.15) is 5.69 Å². The summed E-state index contributed by atoms with van der Waals surface area (Å²) < 4.78 is 39.5. The summed E-state index contributed by atoms with van der Waals surface area (Å²) in [6.07, 6.45) is -4.43. The maximum absolute atomic E-state index is 13.2. The number of likely N-dealkylation sites (N-methyl/N-ethyl adjacent to an activating group) is 1. The van der Waals surface area contributed by atoms with Crippen LogP contribution in [0, 0.1) is 0 Å². The molecule has 2 rings (SSSR count). The Morgan fingerprint density at radius 2 is 2.00 bits per heavy atom. The Kier molecular flexibility index (Phi) is 3.95. The van der Waals surface area contributed by atoms with Crippen molar-refractivity contribution >= 4 is 16.9 Å². The number of carboxylic acid groups (broad SMARTS) is 1. The standard InChI is InChI=1S/C14H15F3N2O2/c1-19(2)7-6-8-11-9(13(20)21)4-3-5-10(11)18-12(8)14(15,16)17/h3-5,18H,6-7H2,1-2H3,(H,20,21). The van der Waals surface area contributed by atoms with Gasteiger partial charge in [0, 0.05) is 17.4 Å². The number of rotatable bonds is 4. The summed E-state index contributed by atoms with van der Waals surface area (Å²) in [5, 5.41) is 9.33. The quantitative estimate of drug-likeness (QED) is 0.912. The molecule has 1 heterocycles. The summed E-state index contributed by atoms with van der Waals surface area (Å²) in [7, 11) is 3.50. The van der Waals surface area contributed by atoms with Crippen LogP contribution >= 0.6 is 0 Å². The predicted octanol–water partition coefficient (Wildman–Crippen LogP) is 2.99. The van der Waals surface area contributed by atoms with Crippen LogP contribution in [0.2, 0.25) is 0 Å². The molecule has 2 N–H and O–H groups in total. The lowest BCUT2D eigenvalue weighted by molar-refractivity contribution is -0.141. The molecule has 0 unspecified atom stereocenters. The number of carbonyl (C=O) groups is 1. The molecule has 0 aliphatic rings. The monoisotopic (exact) mass is 300 g/mol. The van der Waals surface area contributed by atoms with E-state index in [2.05, 4.69) is 4.98 Å². The van der Waals surface area contributed by atoms with Gasteiger partial charge in [-0.05, 0) is 38.2 Å². The normalized spacial score (nSPS) is 12.3. The number of aromatic amines is 1. The van der Waals surface area contributed by atoms with Crippen molar-refractivity contribution in [2.75, 3.05) is 20.6 Å². The topological polar surface area (TPSA) is 56.3 Å². The fourth-order valence-corrected chi connectivity index (χ4v) is 2.32. The van der Waals surface area contributed by atoms with Crippen LogP contribution in [0.15, 0.2) is 18.2 Å². The molecule has 21 heavy (non-hydrogen) atoms. The average Bonchev–Trinajstić information content (AvgIpc) is 2.74. The minimum absolute atomic E-state index is 0.00389. The third-order valence-electron chi connectivity index (χ3n) is 3.25. The zero-order valence-electron chi connectivity index (χ0n) is 11.6. The van der Waals surface area contributed by atoms with Gasteiger partial charge in [0.2, 0.25) is 0 Å². The summed E-state index contributed by atoms with van der Waals surface area (Å²) in [4.78, 5) is 15.3. The van der Waals surface area contributed by atoms with Gasteiger partial charge in [-0.3, -0.25) is 0 Å². The Balaban J connectivity index is 2.70. The number of hydrogen-bond acceptors (Lipinski definition) is 2. The lowest BCUT2D eigenvalue weighted by Crippen LogP contribution is -2.17. The van der Waals surface area contributed by atoms with Crippen LogP contribution in [0.3, 0.4) is 0 Å². The van der Waals surface area contributed by atoms with Crippen LogP contribution < -0.4 is 0 Å². The molecule has 0 fully saturated rings. The van der Waals surface area contributed by atoms with Gasteiger partial charge in [-0.25, -0.2) is 4.79 Å². The Bertz CT molecular complexity index is 675. The van der Waals surface area contributed by atoms with E-state index in [-0.39, 0.29) is 28.5 Å². The van der Waals surface area contributed by atoms with Crippen LogP contribution in [0.25, 0.3) is 10.9 Å². The zero-order chi connectivity index (χ0) is 15.8. The first-order valence-corrected chi connectivity index (χ1v) is 6.30. The van der Waals surface area contributed by atoms with E-state index in [4.69, 9.17) is 0 Å². The Morgan fingerprint density at radius 1 is 1.33 bits per heavy atom. The number of halogens is 3. The summed E-state index contributed by atoms with van der Waals surface area (Å²) in [5.41, 5.74) is -0.791. The number of nitrogens with zero attached hydrogens (tertiary/aromatic N) is 1. The highest BCUT2D eigenvalue weighted by molar-refractivity contribution is 6.04. The van der Waals surface area contributed by atoms with Crippen LogP contribution in [0.5, 0.6) is 0 Å². The number of H-pyrrole nitrogens is 1. The summed E-state index contributed by atoms with van der Waals surface area (Å²) in [6.45, 7) is 0.393. The fourth-order valence-electron chi connectivity index (χ4n) is 2.32. The maximum Gasteiger partial charge on any atom is 0.431 e. The van der Waals surface area contributed by atoms with Crippen LogP contribution in [-0.2, 0) is 12.6 Å². The molecule has 4 nitrogen and oxygen atoms in total. The number of aromatic carboxylic acids is 1. The lowest BCUT2D eigenvalue weighted by atomic mass is 10.0. The van der Waals surface area contributed by atoms with E-state index in [1.165, 1.54) is 18.2 Å². The average molecular weight is 300 g/mol. The smallest absolute Gasteiger partial charge is 0.431 e. The highest BCUT2D eigenvalue weighted by Gasteiger charge is 2.37. The number of alkyl halides is 3. The molecule has 1 aromatic heterocycles. The Hall–Kier alpha value is -2.02. The molecule has 0 radical (unpaired) electrons. The number of nitrogens with one attached hydrogen (secondary N) is 1. The maximum atomic E-state index is 13.2. The first-order chi connectivity index (χ1) is 9.71. The van der Waals surface area contributed by atoms with Gasteiger partial charge >= 0.3 is 12.1 Å². The number of hydrogen-bond donors (Lipinski definition) is 2. The molecule has 0 atom stereocenters. The highest BCUT2D eigenvalue weighted by Crippen LogP contribution is 2.37. The lowest BCUT2D eigenvalue weighted by Gasteiger charge is -2.12. The molecule has 0 saturated carbocycles. The second kappa shape index (κ2) is 5.40. The van der Waals surface area contributed by atoms with Gasteiger partial charge < -0.3 is 15.0 Å². The summed E-state index contributed by atoms with van der Waals surface area (Å²) >= 11 is 0. The molecular weight excluding hydrogens is 285 g/mol. The van der Waals surface area contributed by atoms with Crippen molar-refractivity contribution < 1.29 is 23.1 Å². The highest BCUT2D eigenvalue weighted by atomic mass is 19.4. The van der Waals surface area contributed by atoms with Crippen molar-refractivity contribution in [3.8, 4) is 0 Å². The third kappa shape index (κ3) is 3.02. The van der Waals surface area contributed by atoms with E-state index in [0.29, 0.717) is 6.54 Å². The van der Waals surface area contributed by atoms with Gasteiger partial charge in [-0.2, -0.15) is 13.2 Å². The molecule has 7 heteroatoms. The summed E-state index contributed by atoms with van der Waals surface area (Å²) in [6, 6.07) is 4.20. The number of fused-ring (bicyclic) bond motifs is 1. The van der Waals surface area contributed by atoms with Crippen LogP contribution in [-0.4, -0.2) is 41.6 Å². The zero-order valence-corrected chi connectivity index (χ0v) is 11.6. The third-order valence-corrected chi connectivity index (χ3v) is 3.25. The van der Waals surface area contributed by atoms with Gasteiger partial charge in [-0.15, -0.1) is 0 Å². The fraction of sp³-hybridized carbons (Fsp3) is 0.357. The largest absolute Gasteiger partial charge is 0.478 e. The first kappa shape index (κ1) is 15.4. The molecule has 2 aromatic rings. The molecule has 0 spiro atoms. The van der Waals surface area contributed by atoms with Crippen molar-refractivity contribution in [2.45, 2.75) is 12.6 Å². The van der Waals surface area contributed by atoms with Gasteiger partial charge in [0.15, 0.2) is 0 Å². The molecule has 0 saturated heterocycles.